The Balaban J connectivity index is 1.84. The van der Waals surface area contributed by atoms with Crippen LogP contribution in [0, 0.1) is 11.8 Å². The van der Waals surface area contributed by atoms with E-state index in [1.807, 2.05) is 4.90 Å². The summed E-state index contributed by atoms with van der Waals surface area (Å²) in [7, 11) is 1.34. The Bertz CT molecular complexity index is 461. The summed E-state index contributed by atoms with van der Waals surface area (Å²) >= 11 is 0. The van der Waals surface area contributed by atoms with Gasteiger partial charge in [0.2, 0.25) is 5.91 Å². The second-order valence-electron chi connectivity index (χ2n) is 8.15. The van der Waals surface area contributed by atoms with Crippen LogP contribution >= 0.6 is 0 Å². The molecule has 0 aromatic rings. The molecule has 0 spiro atoms. The van der Waals surface area contributed by atoms with E-state index in [1.165, 1.54) is 20.0 Å². The van der Waals surface area contributed by atoms with Crippen molar-refractivity contribution in [3.8, 4) is 0 Å². The summed E-state index contributed by atoms with van der Waals surface area (Å²) in [5, 5.41) is 0. The lowest BCUT2D eigenvalue weighted by Gasteiger charge is -2.41. The Kier molecular flexibility index (Phi) is 8.35. The van der Waals surface area contributed by atoms with Crippen LogP contribution in [0.5, 0.6) is 0 Å². The van der Waals surface area contributed by atoms with E-state index in [-0.39, 0.29) is 42.9 Å². The van der Waals surface area contributed by atoms with Crippen molar-refractivity contribution in [1.29, 1.82) is 0 Å². The molecule has 1 heterocycles. The summed E-state index contributed by atoms with van der Waals surface area (Å²) in [5.74, 6) is 1.17. The molecule has 2 rings (SSSR count). The van der Waals surface area contributed by atoms with Crippen LogP contribution in [0.1, 0.15) is 65.2 Å². The highest BCUT2D eigenvalue weighted by atomic mass is 16.5. The van der Waals surface area contributed by atoms with Crippen LogP contribution in [0.25, 0.3) is 0 Å². The second kappa shape index (κ2) is 10.3. The predicted molar refractivity (Wildman–Crippen MR) is 100 cm³/mol. The molecule has 1 aliphatic carbocycles. The highest BCUT2D eigenvalue weighted by Crippen LogP contribution is 2.31. The quantitative estimate of drug-likeness (QED) is 0.698. The predicted octanol–water partition coefficient (Wildman–Crippen LogP) is 2.49. The maximum absolute atomic E-state index is 12.6. The van der Waals surface area contributed by atoms with Crippen molar-refractivity contribution in [2.45, 2.75) is 83.4 Å². The number of carbonyl (C=O) groups is 2. The number of ether oxygens (including phenoxy) is 2. The van der Waals surface area contributed by atoms with Crippen molar-refractivity contribution in [2.75, 3.05) is 20.3 Å². The molecule has 2 N–H and O–H groups in total. The first-order valence-electron chi connectivity index (χ1n) is 10.2. The Morgan fingerprint density at radius 3 is 2.42 bits per heavy atom. The van der Waals surface area contributed by atoms with E-state index in [2.05, 4.69) is 18.6 Å². The van der Waals surface area contributed by atoms with Gasteiger partial charge in [0.15, 0.2) is 0 Å². The van der Waals surface area contributed by atoms with Crippen LogP contribution < -0.4 is 5.73 Å². The molecule has 0 aromatic heterocycles. The minimum Gasteiger partial charge on any atom is -0.469 e. The fourth-order valence-corrected chi connectivity index (χ4v) is 4.22. The topological polar surface area (TPSA) is 81.9 Å². The number of nitrogens with zero attached hydrogens (tertiary/aromatic N) is 1. The number of nitrogens with two attached hydrogens (primary N) is 1. The van der Waals surface area contributed by atoms with Crippen LogP contribution in [0.15, 0.2) is 0 Å². The normalized spacial score (nSPS) is 29.7. The maximum atomic E-state index is 12.6. The molecule has 26 heavy (non-hydrogen) atoms. The van der Waals surface area contributed by atoms with Crippen molar-refractivity contribution in [3.05, 3.63) is 0 Å². The van der Waals surface area contributed by atoms with Gasteiger partial charge < -0.3 is 20.1 Å². The number of rotatable bonds is 7. The van der Waals surface area contributed by atoms with Crippen molar-refractivity contribution in [1.82, 2.24) is 4.90 Å². The van der Waals surface area contributed by atoms with E-state index in [0.717, 1.165) is 37.5 Å². The molecule has 2 aliphatic rings. The fourth-order valence-electron chi connectivity index (χ4n) is 4.22. The van der Waals surface area contributed by atoms with Crippen molar-refractivity contribution >= 4 is 11.9 Å². The molecular formula is C20H36N2O4. The molecule has 0 radical (unpaired) electrons. The third-order valence-electron chi connectivity index (χ3n) is 6.09. The molecule has 1 saturated heterocycles. The minimum absolute atomic E-state index is 0.0253. The fraction of sp³-hybridized carbons (Fsp3) is 0.900. The highest BCUT2D eigenvalue weighted by Gasteiger charge is 2.33. The molecule has 6 heteroatoms. The van der Waals surface area contributed by atoms with E-state index in [9.17, 15) is 9.59 Å². The lowest BCUT2D eigenvalue weighted by atomic mass is 9.80. The Morgan fingerprint density at radius 2 is 1.81 bits per heavy atom. The van der Waals surface area contributed by atoms with Gasteiger partial charge in [0.1, 0.15) is 0 Å². The number of amides is 1. The lowest BCUT2D eigenvalue weighted by Crippen LogP contribution is -2.56. The van der Waals surface area contributed by atoms with Gasteiger partial charge in [-0.15, -0.1) is 0 Å². The smallest absolute Gasteiger partial charge is 0.306 e. The van der Waals surface area contributed by atoms with Crippen LogP contribution in [-0.2, 0) is 19.1 Å². The molecule has 0 aromatic carbocycles. The van der Waals surface area contributed by atoms with E-state index in [0.29, 0.717) is 13.2 Å². The first-order chi connectivity index (χ1) is 12.4. The average molecular weight is 369 g/mol. The highest BCUT2D eigenvalue weighted by molar-refractivity contribution is 5.81. The molecule has 2 atom stereocenters. The molecule has 150 valence electrons. The summed E-state index contributed by atoms with van der Waals surface area (Å²) in [6.07, 6.45) is 7.04. The first-order valence-corrected chi connectivity index (χ1v) is 10.2. The monoisotopic (exact) mass is 368 g/mol. The Hall–Kier alpha value is -1.14. The van der Waals surface area contributed by atoms with Crippen LogP contribution in [0.4, 0.5) is 0 Å². The molecule has 0 bridgehead atoms. The summed E-state index contributed by atoms with van der Waals surface area (Å²) < 4.78 is 10.8. The number of piperidine rings is 1. The van der Waals surface area contributed by atoms with Gasteiger partial charge in [-0.1, -0.05) is 13.8 Å². The third-order valence-corrected chi connectivity index (χ3v) is 6.09. The largest absolute Gasteiger partial charge is 0.469 e. The number of methoxy groups -OCH3 is 1. The molecule has 1 aliphatic heterocycles. The van der Waals surface area contributed by atoms with Crippen molar-refractivity contribution in [3.63, 3.8) is 0 Å². The van der Waals surface area contributed by atoms with E-state index in [1.54, 1.807) is 0 Å². The Morgan fingerprint density at radius 1 is 1.12 bits per heavy atom. The van der Waals surface area contributed by atoms with Crippen molar-refractivity contribution in [2.24, 2.45) is 17.6 Å². The SMILES string of the molecule is COC(=O)CCC(=O)N1CCCC(N)C1CO[C@H]1CC[C@@H](C(C)C)CC1. The number of likely N-dealkylation sites (tertiary alicyclic amines) is 1. The third kappa shape index (κ3) is 5.95. The molecule has 2 fully saturated rings. The van der Waals surface area contributed by atoms with Crippen LogP contribution in [0.2, 0.25) is 0 Å². The molecular weight excluding hydrogens is 332 g/mol. The van der Waals surface area contributed by atoms with E-state index in [4.69, 9.17) is 10.5 Å². The number of hydrogen-bond acceptors (Lipinski definition) is 5. The van der Waals surface area contributed by atoms with Gasteiger partial charge in [-0.05, 0) is 50.4 Å². The maximum Gasteiger partial charge on any atom is 0.306 e. The van der Waals surface area contributed by atoms with Crippen molar-refractivity contribution < 1.29 is 19.1 Å². The average Bonchev–Trinajstić information content (AvgIpc) is 2.64. The van der Waals surface area contributed by atoms with Gasteiger partial charge >= 0.3 is 5.97 Å². The van der Waals surface area contributed by atoms with Crippen LogP contribution in [-0.4, -0.2) is 55.2 Å². The summed E-state index contributed by atoms with van der Waals surface area (Å²) in [5.41, 5.74) is 6.30. The van der Waals surface area contributed by atoms with Gasteiger partial charge in [0, 0.05) is 19.0 Å². The van der Waals surface area contributed by atoms with Gasteiger partial charge in [-0.25, -0.2) is 0 Å². The number of carbonyl (C=O) groups excluding carboxylic acids is 2. The summed E-state index contributed by atoms with van der Waals surface area (Å²) in [6.45, 7) is 5.79. The molecule has 1 saturated carbocycles. The second-order valence-corrected chi connectivity index (χ2v) is 8.15. The molecule has 1 amide bonds. The zero-order valence-electron chi connectivity index (χ0n) is 16.6. The zero-order chi connectivity index (χ0) is 19.1. The minimum atomic E-state index is -0.352. The van der Waals surface area contributed by atoms with E-state index >= 15 is 0 Å². The van der Waals surface area contributed by atoms with Crippen LogP contribution in [0.3, 0.4) is 0 Å². The first kappa shape index (κ1) is 21.2. The van der Waals surface area contributed by atoms with Gasteiger partial charge in [0.25, 0.3) is 0 Å². The number of hydrogen-bond donors (Lipinski definition) is 1. The standard InChI is InChI=1S/C20H36N2O4/c1-14(2)15-6-8-16(9-7-15)26-13-18-17(21)5-4-12-22(18)19(23)10-11-20(24)25-3/h14-18H,4-13,21H2,1-3H3/t15-,16+,17?,18?. The molecule has 2 unspecified atom stereocenters. The van der Waals surface area contributed by atoms with Gasteiger partial charge in [0.05, 0.1) is 32.3 Å². The Labute approximate surface area is 157 Å². The zero-order valence-corrected chi connectivity index (χ0v) is 16.6. The summed E-state index contributed by atoms with van der Waals surface area (Å²) in [4.78, 5) is 25.7. The van der Waals surface area contributed by atoms with Gasteiger partial charge in [-0.2, -0.15) is 0 Å². The van der Waals surface area contributed by atoms with Gasteiger partial charge in [-0.3, -0.25) is 9.59 Å². The number of esters is 1. The van der Waals surface area contributed by atoms with E-state index < -0.39 is 0 Å². The molecule has 6 nitrogen and oxygen atoms in total. The summed E-state index contributed by atoms with van der Waals surface area (Å²) in [6, 6.07) is -0.144. The lowest BCUT2D eigenvalue weighted by molar-refractivity contribution is -0.145.